The summed E-state index contributed by atoms with van der Waals surface area (Å²) < 4.78 is 7.99. The molecular weight excluding hydrogens is 412 g/mol. The van der Waals surface area contributed by atoms with Gasteiger partial charge in [0.1, 0.15) is 18.1 Å². The standard InChI is InChI=1S/C23H19ClN6O/c1-15-11-19(21-27-22-23(28-21)26-10-9-25-22)29-30(15)13-17-12-18(24)7-8-20(17)31-14-16-5-3-2-4-6-16/h2-12H,13-14H2,1H3,(H,25,26,27,28). The number of imidazole rings is 1. The highest BCUT2D eigenvalue weighted by Crippen LogP contribution is 2.26. The van der Waals surface area contributed by atoms with Crippen molar-refractivity contribution in [2.24, 2.45) is 0 Å². The molecule has 5 rings (SSSR count). The van der Waals surface area contributed by atoms with Crippen LogP contribution in [0.2, 0.25) is 5.02 Å². The van der Waals surface area contributed by atoms with E-state index in [4.69, 9.17) is 21.4 Å². The van der Waals surface area contributed by atoms with Crippen molar-refractivity contribution in [3.05, 3.63) is 88.8 Å². The molecule has 7 nitrogen and oxygen atoms in total. The third kappa shape index (κ3) is 4.13. The Labute approximate surface area is 183 Å². The number of aryl methyl sites for hydroxylation is 1. The van der Waals surface area contributed by atoms with Gasteiger partial charge in [-0.1, -0.05) is 41.9 Å². The smallest absolute Gasteiger partial charge is 0.197 e. The summed E-state index contributed by atoms with van der Waals surface area (Å²) in [5.74, 6) is 1.41. The predicted molar refractivity (Wildman–Crippen MR) is 119 cm³/mol. The number of ether oxygens (including phenoxy) is 1. The van der Waals surface area contributed by atoms with Crippen molar-refractivity contribution >= 4 is 22.9 Å². The van der Waals surface area contributed by atoms with E-state index >= 15 is 0 Å². The van der Waals surface area contributed by atoms with Crippen molar-refractivity contribution in [1.29, 1.82) is 0 Å². The first-order valence-electron chi connectivity index (χ1n) is 9.82. The molecule has 1 N–H and O–H groups in total. The molecule has 0 bridgehead atoms. The maximum atomic E-state index is 6.27. The van der Waals surface area contributed by atoms with Crippen molar-refractivity contribution in [3.63, 3.8) is 0 Å². The topological polar surface area (TPSA) is 81.5 Å². The highest BCUT2D eigenvalue weighted by molar-refractivity contribution is 6.30. The maximum absolute atomic E-state index is 6.27. The van der Waals surface area contributed by atoms with Crippen LogP contribution in [0.5, 0.6) is 5.75 Å². The third-order valence-corrected chi connectivity index (χ3v) is 5.17. The van der Waals surface area contributed by atoms with Crippen LogP contribution in [-0.2, 0) is 13.2 Å². The van der Waals surface area contributed by atoms with Gasteiger partial charge in [0.2, 0.25) is 0 Å². The Morgan fingerprint density at radius 3 is 2.71 bits per heavy atom. The van der Waals surface area contributed by atoms with Gasteiger partial charge in [-0.2, -0.15) is 5.10 Å². The van der Waals surface area contributed by atoms with E-state index in [1.54, 1.807) is 12.4 Å². The van der Waals surface area contributed by atoms with Gasteiger partial charge in [0, 0.05) is 28.7 Å². The van der Waals surface area contributed by atoms with E-state index in [9.17, 15) is 0 Å². The molecule has 0 aliphatic carbocycles. The molecule has 154 valence electrons. The fourth-order valence-corrected chi connectivity index (χ4v) is 3.56. The molecule has 3 heterocycles. The van der Waals surface area contributed by atoms with Gasteiger partial charge >= 0.3 is 0 Å². The quantitative estimate of drug-likeness (QED) is 0.418. The molecule has 0 aliphatic heterocycles. The minimum Gasteiger partial charge on any atom is -0.489 e. The lowest BCUT2D eigenvalue weighted by Crippen LogP contribution is -2.06. The molecule has 0 saturated carbocycles. The fraction of sp³-hybridized carbons (Fsp3) is 0.130. The number of hydrogen-bond acceptors (Lipinski definition) is 5. The van der Waals surface area contributed by atoms with Crippen LogP contribution in [0.3, 0.4) is 0 Å². The van der Waals surface area contributed by atoms with Gasteiger partial charge < -0.3 is 9.72 Å². The molecule has 0 saturated heterocycles. The number of aromatic nitrogens is 6. The first kappa shape index (κ1) is 19.3. The number of hydrogen-bond donors (Lipinski definition) is 1. The fourth-order valence-electron chi connectivity index (χ4n) is 3.36. The van der Waals surface area contributed by atoms with E-state index in [0.29, 0.717) is 35.3 Å². The van der Waals surface area contributed by atoms with Gasteiger partial charge in [-0.3, -0.25) is 4.68 Å². The van der Waals surface area contributed by atoms with Crippen LogP contribution in [0.25, 0.3) is 22.8 Å². The van der Waals surface area contributed by atoms with Crippen molar-refractivity contribution < 1.29 is 4.74 Å². The number of halogens is 1. The van der Waals surface area contributed by atoms with Crippen LogP contribution in [0, 0.1) is 6.92 Å². The second-order valence-electron chi connectivity index (χ2n) is 7.17. The van der Waals surface area contributed by atoms with Gasteiger partial charge in [0.25, 0.3) is 0 Å². The number of nitrogens with one attached hydrogen (secondary N) is 1. The van der Waals surface area contributed by atoms with Crippen molar-refractivity contribution in [3.8, 4) is 17.3 Å². The molecule has 3 aromatic heterocycles. The molecule has 31 heavy (non-hydrogen) atoms. The Balaban J connectivity index is 1.41. The zero-order chi connectivity index (χ0) is 21.2. The molecule has 0 spiro atoms. The molecule has 0 unspecified atom stereocenters. The highest BCUT2D eigenvalue weighted by Gasteiger charge is 2.14. The maximum Gasteiger partial charge on any atom is 0.197 e. The highest BCUT2D eigenvalue weighted by atomic mass is 35.5. The summed E-state index contributed by atoms with van der Waals surface area (Å²) in [5, 5.41) is 5.38. The minimum atomic E-state index is 0.484. The van der Waals surface area contributed by atoms with Crippen molar-refractivity contribution in [2.45, 2.75) is 20.1 Å². The van der Waals surface area contributed by atoms with Crippen LogP contribution in [0.15, 0.2) is 67.0 Å². The van der Waals surface area contributed by atoms with E-state index in [1.165, 1.54) is 0 Å². The molecule has 0 atom stereocenters. The lowest BCUT2D eigenvalue weighted by atomic mass is 10.2. The molecule has 0 fully saturated rings. The first-order valence-corrected chi connectivity index (χ1v) is 10.2. The molecule has 0 amide bonds. The first-order chi connectivity index (χ1) is 15.2. The van der Waals surface area contributed by atoms with E-state index < -0.39 is 0 Å². The summed E-state index contributed by atoms with van der Waals surface area (Å²) in [6.45, 7) is 3.01. The molecule has 8 heteroatoms. The monoisotopic (exact) mass is 430 g/mol. The molecular formula is C23H19ClN6O. The minimum absolute atomic E-state index is 0.484. The Kier molecular flexibility index (Phi) is 5.09. The zero-order valence-electron chi connectivity index (χ0n) is 16.8. The SMILES string of the molecule is Cc1cc(-c2nc3nccnc3[nH]2)nn1Cc1cc(Cl)ccc1OCc1ccccc1. The summed E-state index contributed by atoms with van der Waals surface area (Å²) in [6, 6.07) is 17.7. The number of rotatable bonds is 6. The third-order valence-electron chi connectivity index (χ3n) is 4.94. The lowest BCUT2D eigenvalue weighted by molar-refractivity contribution is 0.302. The van der Waals surface area contributed by atoms with E-state index in [2.05, 4.69) is 19.9 Å². The summed E-state index contributed by atoms with van der Waals surface area (Å²) >= 11 is 6.27. The second-order valence-corrected chi connectivity index (χ2v) is 7.61. The van der Waals surface area contributed by atoms with E-state index in [-0.39, 0.29) is 0 Å². The van der Waals surface area contributed by atoms with Crippen LogP contribution in [-0.4, -0.2) is 29.7 Å². The van der Waals surface area contributed by atoms with Gasteiger partial charge in [-0.25, -0.2) is 15.0 Å². The summed E-state index contributed by atoms with van der Waals surface area (Å²) in [4.78, 5) is 16.1. The van der Waals surface area contributed by atoms with Crippen molar-refractivity contribution in [1.82, 2.24) is 29.7 Å². The van der Waals surface area contributed by atoms with Crippen LogP contribution < -0.4 is 4.74 Å². The Morgan fingerprint density at radius 1 is 1.03 bits per heavy atom. The summed E-state index contributed by atoms with van der Waals surface area (Å²) in [7, 11) is 0. The summed E-state index contributed by atoms with van der Waals surface area (Å²) in [5.41, 5.74) is 4.98. The normalized spacial score (nSPS) is 11.2. The summed E-state index contributed by atoms with van der Waals surface area (Å²) in [6.07, 6.45) is 3.25. The molecule has 2 aromatic carbocycles. The predicted octanol–water partition coefficient (Wildman–Crippen LogP) is 4.81. The van der Waals surface area contributed by atoms with Gasteiger partial charge in [0.15, 0.2) is 17.1 Å². The van der Waals surface area contributed by atoms with E-state index in [0.717, 1.165) is 28.3 Å². The van der Waals surface area contributed by atoms with E-state index in [1.807, 2.05) is 66.2 Å². The Hall–Kier alpha value is -3.71. The van der Waals surface area contributed by atoms with Gasteiger partial charge in [-0.15, -0.1) is 0 Å². The number of H-pyrrole nitrogens is 1. The molecule has 5 aromatic rings. The zero-order valence-corrected chi connectivity index (χ0v) is 17.5. The van der Waals surface area contributed by atoms with Crippen LogP contribution in [0.1, 0.15) is 16.8 Å². The van der Waals surface area contributed by atoms with Crippen LogP contribution in [0.4, 0.5) is 0 Å². The molecule has 0 aliphatic rings. The second kappa shape index (κ2) is 8.20. The number of nitrogens with zero attached hydrogens (tertiary/aromatic N) is 5. The van der Waals surface area contributed by atoms with Crippen molar-refractivity contribution in [2.75, 3.05) is 0 Å². The number of benzene rings is 2. The average Bonchev–Trinajstić information content (AvgIpc) is 3.37. The largest absolute Gasteiger partial charge is 0.489 e. The molecule has 0 radical (unpaired) electrons. The van der Waals surface area contributed by atoms with Crippen LogP contribution >= 0.6 is 11.6 Å². The Bertz CT molecular complexity index is 1310. The average molecular weight is 431 g/mol. The lowest BCUT2D eigenvalue weighted by Gasteiger charge is -2.13. The van der Waals surface area contributed by atoms with Gasteiger partial charge in [-0.05, 0) is 36.8 Å². The van der Waals surface area contributed by atoms with Gasteiger partial charge in [0.05, 0.1) is 6.54 Å². The number of fused-ring (bicyclic) bond motifs is 1. The Morgan fingerprint density at radius 2 is 1.87 bits per heavy atom. The number of aromatic amines is 1.